The van der Waals surface area contributed by atoms with Crippen molar-refractivity contribution in [1.82, 2.24) is 14.9 Å². The summed E-state index contributed by atoms with van der Waals surface area (Å²) >= 11 is 0. The number of aromatic nitrogens is 2. The van der Waals surface area contributed by atoms with Gasteiger partial charge in [0.2, 0.25) is 0 Å². The molecule has 2 amide bonds. The Morgan fingerprint density at radius 1 is 1.21 bits per heavy atom. The summed E-state index contributed by atoms with van der Waals surface area (Å²) in [6.07, 6.45) is 6.55. The SMILES string of the molecule is O=C(c1cnccn1)N1CCCC2(CC1)CN(c1cccc(F)c1)C(=O)CO2. The van der Waals surface area contributed by atoms with Crippen LogP contribution in [0.3, 0.4) is 0 Å². The molecule has 3 heterocycles. The van der Waals surface area contributed by atoms with E-state index in [1.54, 1.807) is 21.9 Å². The summed E-state index contributed by atoms with van der Waals surface area (Å²) in [6, 6.07) is 6.03. The number of hydrogen-bond donors (Lipinski definition) is 0. The van der Waals surface area contributed by atoms with E-state index >= 15 is 0 Å². The van der Waals surface area contributed by atoms with Crippen molar-refractivity contribution in [2.24, 2.45) is 0 Å². The van der Waals surface area contributed by atoms with E-state index in [0.717, 1.165) is 12.8 Å². The average Bonchev–Trinajstić information content (AvgIpc) is 2.93. The monoisotopic (exact) mass is 384 g/mol. The molecule has 7 nitrogen and oxygen atoms in total. The van der Waals surface area contributed by atoms with Gasteiger partial charge in [-0.3, -0.25) is 14.6 Å². The first kappa shape index (κ1) is 18.5. The number of nitrogens with zero attached hydrogens (tertiary/aromatic N) is 4. The third-order valence-electron chi connectivity index (χ3n) is 5.34. The quantitative estimate of drug-likeness (QED) is 0.792. The molecular formula is C20H21FN4O3. The molecule has 28 heavy (non-hydrogen) atoms. The van der Waals surface area contributed by atoms with Crippen molar-refractivity contribution in [3.8, 4) is 0 Å². The minimum Gasteiger partial charge on any atom is -0.363 e. The molecule has 146 valence electrons. The van der Waals surface area contributed by atoms with Gasteiger partial charge in [-0.05, 0) is 37.5 Å². The number of halogens is 1. The maximum Gasteiger partial charge on any atom is 0.274 e. The van der Waals surface area contributed by atoms with Crippen LogP contribution in [-0.2, 0) is 9.53 Å². The van der Waals surface area contributed by atoms with Crippen molar-refractivity contribution in [3.05, 3.63) is 54.4 Å². The van der Waals surface area contributed by atoms with Crippen LogP contribution in [0.5, 0.6) is 0 Å². The lowest BCUT2D eigenvalue weighted by molar-refractivity contribution is -0.140. The normalized spacial score (nSPS) is 23.0. The van der Waals surface area contributed by atoms with Crippen LogP contribution in [-0.4, -0.2) is 58.5 Å². The van der Waals surface area contributed by atoms with Gasteiger partial charge in [0.05, 0.1) is 18.3 Å². The van der Waals surface area contributed by atoms with Crippen LogP contribution < -0.4 is 4.90 Å². The highest BCUT2D eigenvalue weighted by Gasteiger charge is 2.42. The number of rotatable bonds is 2. The highest BCUT2D eigenvalue weighted by atomic mass is 19.1. The lowest BCUT2D eigenvalue weighted by atomic mass is 9.92. The molecule has 0 radical (unpaired) electrons. The maximum absolute atomic E-state index is 13.6. The van der Waals surface area contributed by atoms with Crippen molar-refractivity contribution in [1.29, 1.82) is 0 Å². The van der Waals surface area contributed by atoms with E-state index in [1.165, 1.54) is 30.7 Å². The smallest absolute Gasteiger partial charge is 0.274 e. The number of ether oxygens (including phenoxy) is 1. The maximum atomic E-state index is 13.6. The van der Waals surface area contributed by atoms with Crippen LogP contribution in [0.2, 0.25) is 0 Å². The number of carbonyl (C=O) groups excluding carboxylic acids is 2. The van der Waals surface area contributed by atoms with Gasteiger partial charge in [0.1, 0.15) is 18.1 Å². The minimum atomic E-state index is -0.544. The Labute approximate surface area is 162 Å². The van der Waals surface area contributed by atoms with Crippen LogP contribution in [0, 0.1) is 5.82 Å². The van der Waals surface area contributed by atoms with E-state index in [4.69, 9.17) is 4.74 Å². The van der Waals surface area contributed by atoms with E-state index in [-0.39, 0.29) is 24.2 Å². The second kappa shape index (κ2) is 7.63. The summed E-state index contributed by atoms with van der Waals surface area (Å²) in [5, 5.41) is 0. The number of hydrogen-bond acceptors (Lipinski definition) is 5. The molecule has 1 aromatic heterocycles. The van der Waals surface area contributed by atoms with Crippen molar-refractivity contribution < 1.29 is 18.7 Å². The molecule has 2 aliphatic rings. The van der Waals surface area contributed by atoms with Crippen molar-refractivity contribution >= 4 is 17.5 Å². The van der Waals surface area contributed by atoms with Crippen LogP contribution in [0.1, 0.15) is 29.8 Å². The zero-order valence-electron chi connectivity index (χ0n) is 15.4. The molecule has 4 rings (SSSR count). The van der Waals surface area contributed by atoms with Gasteiger partial charge >= 0.3 is 0 Å². The number of amides is 2. The molecule has 2 fully saturated rings. The molecule has 0 saturated carbocycles. The summed E-state index contributed by atoms with van der Waals surface area (Å²) in [5.41, 5.74) is 0.307. The van der Waals surface area contributed by atoms with Crippen LogP contribution in [0.4, 0.5) is 10.1 Å². The van der Waals surface area contributed by atoms with Gasteiger partial charge in [0.15, 0.2) is 0 Å². The Kier molecular flexibility index (Phi) is 5.04. The van der Waals surface area contributed by atoms with E-state index in [1.807, 2.05) is 0 Å². The molecule has 0 aliphatic carbocycles. The van der Waals surface area contributed by atoms with Gasteiger partial charge in [-0.2, -0.15) is 0 Å². The van der Waals surface area contributed by atoms with Crippen molar-refractivity contribution in [2.75, 3.05) is 31.1 Å². The van der Waals surface area contributed by atoms with Gasteiger partial charge in [0.25, 0.3) is 11.8 Å². The second-order valence-electron chi connectivity index (χ2n) is 7.17. The zero-order valence-corrected chi connectivity index (χ0v) is 15.4. The summed E-state index contributed by atoms with van der Waals surface area (Å²) in [4.78, 5) is 36.4. The highest BCUT2D eigenvalue weighted by molar-refractivity contribution is 5.95. The molecule has 0 bridgehead atoms. The first-order valence-corrected chi connectivity index (χ1v) is 9.32. The Morgan fingerprint density at radius 3 is 2.89 bits per heavy atom. The second-order valence-corrected chi connectivity index (χ2v) is 7.17. The van der Waals surface area contributed by atoms with Gasteiger partial charge in [-0.15, -0.1) is 0 Å². The predicted octanol–water partition coefficient (Wildman–Crippen LogP) is 2.04. The molecule has 2 aliphatic heterocycles. The van der Waals surface area contributed by atoms with Crippen molar-refractivity contribution in [3.63, 3.8) is 0 Å². The van der Waals surface area contributed by atoms with Crippen LogP contribution in [0.15, 0.2) is 42.9 Å². The lowest BCUT2D eigenvalue weighted by Crippen LogP contribution is -2.55. The Balaban J connectivity index is 1.49. The van der Waals surface area contributed by atoms with Crippen LogP contribution >= 0.6 is 0 Å². The fourth-order valence-electron chi connectivity index (χ4n) is 3.84. The predicted molar refractivity (Wildman–Crippen MR) is 99.2 cm³/mol. The summed E-state index contributed by atoms with van der Waals surface area (Å²) < 4.78 is 19.6. The molecular weight excluding hydrogens is 363 g/mol. The average molecular weight is 384 g/mol. The van der Waals surface area contributed by atoms with Crippen LogP contribution in [0.25, 0.3) is 0 Å². The number of likely N-dealkylation sites (tertiary alicyclic amines) is 1. The number of morpholine rings is 1. The van der Waals surface area contributed by atoms with E-state index in [0.29, 0.717) is 37.4 Å². The zero-order chi connectivity index (χ0) is 19.6. The molecule has 2 aromatic rings. The van der Waals surface area contributed by atoms with E-state index < -0.39 is 5.60 Å². The summed E-state index contributed by atoms with van der Waals surface area (Å²) in [5.74, 6) is -0.723. The molecule has 1 unspecified atom stereocenters. The topological polar surface area (TPSA) is 75.6 Å². The first-order valence-electron chi connectivity index (χ1n) is 9.32. The van der Waals surface area contributed by atoms with E-state index in [2.05, 4.69) is 9.97 Å². The van der Waals surface area contributed by atoms with E-state index in [9.17, 15) is 14.0 Å². The summed E-state index contributed by atoms with van der Waals surface area (Å²) in [6.45, 7) is 1.39. The fraction of sp³-hybridized carbons (Fsp3) is 0.400. The van der Waals surface area contributed by atoms with Gasteiger partial charge in [-0.1, -0.05) is 6.07 Å². The van der Waals surface area contributed by atoms with Crippen molar-refractivity contribution in [2.45, 2.75) is 24.9 Å². The Hall–Kier alpha value is -2.87. The fourth-order valence-corrected chi connectivity index (χ4v) is 3.84. The van der Waals surface area contributed by atoms with Gasteiger partial charge in [-0.25, -0.2) is 9.37 Å². The van der Waals surface area contributed by atoms with Gasteiger partial charge < -0.3 is 14.5 Å². The highest BCUT2D eigenvalue weighted by Crippen LogP contribution is 2.33. The molecule has 0 N–H and O–H groups in total. The number of carbonyl (C=O) groups is 2. The molecule has 8 heteroatoms. The molecule has 1 aromatic carbocycles. The third-order valence-corrected chi connectivity index (χ3v) is 5.34. The number of benzene rings is 1. The Bertz CT molecular complexity index is 879. The molecule has 2 saturated heterocycles. The standard InChI is InChI=1S/C20H21FN4O3/c21-15-3-1-4-16(11-15)25-14-20(28-13-18(25)26)5-2-9-24(10-6-20)19(27)17-12-22-7-8-23-17/h1,3-4,7-8,11-12H,2,5-6,9-10,13-14H2. The third kappa shape index (κ3) is 3.73. The van der Waals surface area contributed by atoms with Gasteiger partial charge in [0, 0.05) is 31.2 Å². The summed E-state index contributed by atoms with van der Waals surface area (Å²) in [7, 11) is 0. The molecule has 1 spiro atoms. The number of anilines is 1. The minimum absolute atomic E-state index is 0.0470. The first-order chi connectivity index (χ1) is 13.6. The Morgan fingerprint density at radius 2 is 2.11 bits per heavy atom. The largest absolute Gasteiger partial charge is 0.363 e. The molecule has 1 atom stereocenters. The lowest BCUT2D eigenvalue weighted by Gasteiger charge is -2.42.